The summed E-state index contributed by atoms with van der Waals surface area (Å²) in [6.07, 6.45) is 0. The van der Waals surface area contributed by atoms with Crippen molar-refractivity contribution in [2.75, 3.05) is 12.3 Å². The van der Waals surface area contributed by atoms with E-state index in [0.29, 0.717) is 0 Å². The lowest BCUT2D eigenvalue weighted by atomic mass is 10.1. The number of carbonyl (C=O) groups is 2. The van der Waals surface area contributed by atoms with Gasteiger partial charge in [-0.3, -0.25) is 4.79 Å². The largest absolute Gasteiger partial charge is 0.461 e. The highest BCUT2D eigenvalue weighted by molar-refractivity contribution is 5.92. The number of esters is 1. The van der Waals surface area contributed by atoms with E-state index in [4.69, 9.17) is 10.5 Å². The van der Waals surface area contributed by atoms with Crippen molar-refractivity contribution in [1.82, 2.24) is 20.3 Å². The molecule has 0 spiro atoms. The average Bonchev–Trinajstić information content (AvgIpc) is 2.89. The topological polar surface area (TPSA) is 112 Å². The normalized spacial score (nSPS) is 11.7. The van der Waals surface area contributed by atoms with Gasteiger partial charge in [-0.15, -0.1) is 5.10 Å². The maximum absolute atomic E-state index is 12.1. The van der Waals surface area contributed by atoms with Crippen molar-refractivity contribution in [2.45, 2.75) is 26.4 Å². The van der Waals surface area contributed by atoms with Gasteiger partial charge in [0.2, 0.25) is 11.6 Å². The van der Waals surface area contributed by atoms with Crippen LogP contribution in [0.3, 0.4) is 0 Å². The summed E-state index contributed by atoms with van der Waals surface area (Å²) in [7, 11) is 0. The number of benzene rings is 1. The van der Waals surface area contributed by atoms with Crippen LogP contribution in [0, 0.1) is 0 Å². The summed E-state index contributed by atoms with van der Waals surface area (Å²) >= 11 is 0. The molecule has 122 valence electrons. The first-order valence-corrected chi connectivity index (χ1v) is 7.23. The molecular formula is C15H19N5O3. The molecule has 0 bridgehead atoms. The predicted molar refractivity (Wildman–Crippen MR) is 83.4 cm³/mol. The lowest BCUT2D eigenvalue weighted by Gasteiger charge is -2.14. The van der Waals surface area contributed by atoms with Crippen LogP contribution >= 0.6 is 0 Å². The van der Waals surface area contributed by atoms with Crippen molar-refractivity contribution < 1.29 is 14.3 Å². The summed E-state index contributed by atoms with van der Waals surface area (Å²) in [6.45, 7) is 3.63. The molecule has 3 N–H and O–H groups in total. The van der Waals surface area contributed by atoms with Crippen molar-refractivity contribution in [3.63, 3.8) is 0 Å². The minimum Gasteiger partial charge on any atom is -0.461 e. The number of nitrogen functional groups attached to an aromatic ring is 1. The van der Waals surface area contributed by atoms with Crippen LogP contribution in [-0.4, -0.2) is 33.5 Å². The number of nitrogens with one attached hydrogen (secondary N) is 1. The quantitative estimate of drug-likeness (QED) is 0.766. The van der Waals surface area contributed by atoms with Crippen LogP contribution in [-0.2, 0) is 16.1 Å². The summed E-state index contributed by atoms with van der Waals surface area (Å²) in [6, 6.07) is 9.41. The van der Waals surface area contributed by atoms with Crippen LogP contribution in [0.4, 0.5) is 5.82 Å². The van der Waals surface area contributed by atoms with Gasteiger partial charge in [-0.25, -0.2) is 9.48 Å². The number of anilines is 1. The molecule has 1 amide bonds. The number of hydrogen-bond donors (Lipinski definition) is 2. The number of ether oxygens (including phenoxy) is 1. The number of rotatable bonds is 6. The second-order valence-electron chi connectivity index (χ2n) is 4.90. The van der Waals surface area contributed by atoms with Crippen molar-refractivity contribution >= 4 is 17.7 Å². The summed E-state index contributed by atoms with van der Waals surface area (Å²) in [5, 5.41) is 10.2. The van der Waals surface area contributed by atoms with Crippen LogP contribution in [0.25, 0.3) is 0 Å². The second kappa shape index (κ2) is 7.39. The number of carbonyl (C=O) groups excluding carboxylic acids is 2. The van der Waals surface area contributed by atoms with Crippen LogP contribution in [0.2, 0.25) is 0 Å². The number of nitrogens with zero attached hydrogens (tertiary/aromatic N) is 3. The van der Waals surface area contributed by atoms with E-state index < -0.39 is 5.97 Å². The SMILES string of the molecule is CCOC(=O)c1nnn(CC(=O)NC(C)c2ccccc2)c1N. The van der Waals surface area contributed by atoms with E-state index in [1.54, 1.807) is 6.92 Å². The smallest absolute Gasteiger partial charge is 0.362 e. The molecule has 0 aliphatic heterocycles. The Balaban J connectivity index is 1.99. The Morgan fingerprint density at radius 3 is 2.70 bits per heavy atom. The van der Waals surface area contributed by atoms with Crippen molar-refractivity contribution in [3.05, 3.63) is 41.6 Å². The molecule has 2 rings (SSSR count). The molecular weight excluding hydrogens is 298 g/mol. The molecule has 0 radical (unpaired) electrons. The molecule has 1 atom stereocenters. The molecule has 2 aromatic rings. The predicted octanol–water partition coefficient (Wildman–Crippen LogP) is 0.914. The maximum atomic E-state index is 12.1. The number of aromatic nitrogens is 3. The monoisotopic (exact) mass is 317 g/mol. The Morgan fingerprint density at radius 1 is 1.35 bits per heavy atom. The van der Waals surface area contributed by atoms with E-state index in [9.17, 15) is 9.59 Å². The zero-order chi connectivity index (χ0) is 16.8. The van der Waals surface area contributed by atoms with Crippen LogP contribution in [0.1, 0.15) is 35.9 Å². The van der Waals surface area contributed by atoms with Gasteiger partial charge in [-0.2, -0.15) is 0 Å². The van der Waals surface area contributed by atoms with Crippen molar-refractivity contribution in [2.24, 2.45) is 0 Å². The van der Waals surface area contributed by atoms with Gasteiger partial charge in [0.25, 0.3) is 0 Å². The Bertz CT molecular complexity index is 684. The molecule has 0 fully saturated rings. The zero-order valence-electron chi connectivity index (χ0n) is 13.0. The molecule has 0 saturated carbocycles. The molecule has 23 heavy (non-hydrogen) atoms. The van der Waals surface area contributed by atoms with Crippen LogP contribution < -0.4 is 11.1 Å². The Labute approximate surface area is 133 Å². The Morgan fingerprint density at radius 2 is 2.04 bits per heavy atom. The van der Waals surface area contributed by atoms with E-state index in [1.165, 1.54) is 4.68 Å². The third-order valence-corrected chi connectivity index (χ3v) is 3.21. The van der Waals surface area contributed by atoms with E-state index in [1.807, 2.05) is 37.3 Å². The molecule has 0 saturated heterocycles. The third-order valence-electron chi connectivity index (χ3n) is 3.21. The lowest BCUT2D eigenvalue weighted by molar-refractivity contribution is -0.122. The first-order valence-electron chi connectivity index (χ1n) is 7.23. The molecule has 1 unspecified atom stereocenters. The van der Waals surface area contributed by atoms with Gasteiger partial charge in [0.15, 0.2) is 5.82 Å². The van der Waals surface area contributed by atoms with Gasteiger partial charge in [0, 0.05) is 0 Å². The zero-order valence-corrected chi connectivity index (χ0v) is 13.0. The van der Waals surface area contributed by atoms with Crippen LogP contribution in [0.15, 0.2) is 30.3 Å². The van der Waals surface area contributed by atoms with Gasteiger partial charge in [0.1, 0.15) is 6.54 Å². The Kier molecular flexibility index (Phi) is 5.29. The number of nitrogens with two attached hydrogens (primary N) is 1. The fourth-order valence-corrected chi connectivity index (χ4v) is 2.03. The lowest BCUT2D eigenvalue weighted by Crippen LogP contribution is -2.30. The molecule has 8 nitrogen and oxygen atoms in total. The molecule has 0 aliphatic carbocycles. The first kappa shape index (κ1) is 16.5. The molecule has 1 heterocycles. The maximum Gasteiger partial charge on any atom is 0.362 e. The van der Waals surface area contributed by atoms with E-state index >= 15 is 0 Å². The van der Waals surface area contributed by atoms with Crippen molar-refractivity contribution in [1.29, 1.82) is 0 Å². The fourth-order valence-electron chi connectivity index (χ4n) is 2.03. The van der Waals surface area contributed by atoms with E-state index in [0.717, 1.165) is 5.56 Å². The number of amides is 1. The molecule has 8 heteroatoms. The number of hydrogen-bond acceptors (Lipinski definition) is 6. The molecule has 1 aromatic carbocycles. The van der Waals surface area contributed by atoms with Crippen molar-refractivity contribution in [3.8, 4) is 0 Å². The fraction of sp³-hybridized carbons (Fsp3) is 0.333. The highest BCUT2D eigenvalue weighted by Gasteiger charge is 2.20. The first-order chi connectivity index (χ1) is 11.0. The van der Waals surface area contributed by atoms with Gasteiger partial charge < -0.3 is 15.8 Å². The molecule has 1 aromatic heterocycles. The summed E-state index contributed by atoms with van der Waals surface area (Å²) in [5.41, 5.74) is 6.68. The van der Waals surface area contributed by atoms with Gasteiger partial charge in [-0.1, -0.05) is 35.5 Å². The van der Waals surface area contributed by atoms with Gasteiger partial charge >= 0.3 is 5.97 Å². The highest BCUT2D eigenvalue weighted by Crippen LogP contribution is 2.12. The molecule has 0 aliphatic rings. The standard InChI is InChI=1S/C15H19N5O3/c1-3-23-15(22)13-14(16)20(19-18-13)9-12(21)17-10(2)11-7-5-4-6-8-11/h4-8,10H,3,9,16H2,1-2H3,(H,17,21). The van der Waals surface area contributed by atoms with Gasteiger partial charge in [0.05, 0.1) is 12.6 Å². The summed E-state index contributed by atoms with van der Waals surface area (Å²) in [5.74, 6) is -0.936. The summed E-state index contributed by atoms with van der Waals surface area (Å²) < 4.78 is 5.98. The highest BCUT2D eigenvalue weighted by atomic mass is 16.5. The summed E-state index contributed by atoms with van der Waals surface area (Å²) in [4.78, 5) is 23.7. The van der Waals surface area contributed by atoms with Gasteiger partial charge in [-0.05, 0) is 19.4 Å². The van der Waals surface area contributed by atoms with E-state index in [-0.39, 0.29) is 36.6 Å². The Hall–Kier alpha value is -2.90. The third kappa shape index (κ3) is 4.06. The van der Waals surface area contributed by atoms with Crippen LogP contribution in [0.5, 0.6) is 0 Å². The minimum absolute atomic E-state index is 0.00552. The van der Waals surface area contributed by atoms with E-state index in [2.05, 4.69) is 15.6 Å². The minimum atomic E-state index is -0.658. The second-order valence-corrected chi connectivity index (χ2v) is 4.90. The average molecular weight is 317 g/mol.